The molecule has 2 rings (SSSR count). The standard InChI is InChI=1S/C12H7Cl2N3O3S/c13-9-3-1-7(5-10(9)14)12(18)16-15-6-8-2-4-11(21-8)17(19)20/h1-6H,(H,16,18)/b15-6+. The van der Waals surface area contributed by atoms with Crippen LogP contribution in [0, 0.1) is 10.1 Å². The fraction of sp³-hybridized carbons (Fsp3) is 0. The smallest absolute Gasteiger partial charge is 0.267 e. The molecule has 0 aliphatic carbocycles. The molecule has 2 aromatic rings. The Bertz CT molecular complexity index is 730. The Labute approximate surface area is 133 Å². The van der Waals surface area contributed by atoms with Crippen molar-refractivity contribution < 1.29 is 9.72 Å². The molecule has 0 radical (unpaired) electrons. The molecule has 1 heterocycles. The molecule has 9 heteroatoms. The molecule has 0 aliphatic rings. The predicted molar refractivity (Wildman–Crippen MR) is 82.5 cm³/mol. The number of nitrogens with zero attached hydrogens (tertiary/aromatic N) is 2. The molecule has 0 spiro atoms. The second-order valence-corrected chi connectivity index (χ2v) is 5.67. The van der Waals surface area contributed by atoms with Crippen LogP contribution in [-0.4, -0.2) is 17.0 Å². The minimum atomic E-state index is -0.490. The highest BCUT2D eigenvalue weighted by Gasteiger charge is 2.09. The monoisotopic (exact) mass is 343 g/mol. The van der Waals surface area contributed by atoms with Crippen LogP contribution >= 0.6 is 34.5 Å². The molecule has 21 heavy (non-hydrogen) atoms. The minimum absolute atomic E-state index is 0.00672. The van der Waals surface area contributed by atoms with Crippen LogP contribution in [0.5, 0.6) is 0 Å². The van der Waals surface area contributed by atoms with Crippen LogP contribution in [0.3, 0.4) is 0 Å². The molecule has 0 bridgehead atoms. The summed E-state index contributed by atoms with van der Waals surface area (Å²) in [4.78, 5) is 22.4. The molecule has 1 aromatic heterocycles. The predicted octanol–water partition coefficient (Wildman–Crippen LogP) is 3.73. The number of benzene rings is 1. The Hall–Kier alpha value is -1.96. The Balaban J connectivity index is 2.01. The third kappa shape index (κ3) is 4.01. The van der Waals surface area contributed by atoms with Crippen molar-refractivity contribution in [3.63, 3.8) is 0 Å². The van der Waals surface area contributed by atoms with Gasteiger partial charge in [0.25, 0.3) is 5.91 Å². The molecular weight excluding hydrogens is 337 g/mol. The number of rotatable bonds is 4. The summed E-state index contributed by atoms with van der Waals surface area (Å²) < 4.78 is 0. The largest absolute Gasteiger partial charge is 0.324 e. The third-order valence-corrected chi connectivity index (χ3v) is 4.04. The Morgan fingerprint density at radius 2 is 2.05 bits per heavy atom. The SMILES string of the molecule is O=C(N/N=C/c1ccc([N+](=O)[O-])s1)c1ccc(Cl)c(Cl)c1. The van der Waals surface area contributed by atoms with Crippen molar-refractivity contribution in [3.05, 3.63) is 60.9 Å². The van der Waals surface area contributed by atoms with Gasteiger partial charge in [-0.3, -0.25) is 14.9 Å². The van der Waals surface area contributed by atoms with E-state index >= 15 is 0 Å². The summed E-state index contributed by atoms with van der Waals surface area (Å²) in [5.41, 5.74) is 2.60. The van der Waals surface area contributed by atoms with E-state index in [4.69, 9.17) is 23.2 Å². The molecule has 0 aliphatic heterocycles. The fourth-order valence-corrected chi connectivity index (χ4v) is 2.36. The zero-order valence-corrected chi connectivity index (χ0v) is 12.6. The summed E-state index contributed by atoms with van der Waals surface area (Å²) in [6, 6.07) is 7.34. The number of hydrazone groups is 1. The number of nitro groups is 1. The van der Waals surface area contributed by atoms with Gasteiger partial charge < -0.3 is 0 Å². The topological polar surface area (TPSA) is 84.6 Å². The van der Waals surface area contributed by atoms with E-state index in [2.05, 4.69) is 10.5 Å². The van der Waals surface area contributed by atoms with Gasteiger partial charge in [0.2, 0.25) is 0 Å². The summed E-state index contributed by atoms with van der Waals surface area (Å²) in [5, 5.41) is 14.9. The molecule has 1 amide bonds. The van der Waals surface area contributed by atoms with E-state index in [0.717, 1.165) is 11.3 Å². The van der Waals surface area contributed by atoms with Crippen molar-refractivity contribution in [3.8, 4) is 0 Å². The van der Waals surface area contributed by atoms with Crippen molar-refractivity contribution in [1.29, 1.82) is 0 Å². The van der Waals surface area contributed by atoms with Gasteiger partial charge in [-0.1, -0.05) is 34.5 Å². The number of hydrogen-bond donors (Lipinski definition) is 1. The van der Waals surface area contributed by atoms with Crippen LogP contribution in [-0.2, 0) is 0 Å². The van der Waals surface area contributed by atoms with Gasteiger partial charge in [-0.05, 0) is 24.3 Å². The van der Waals surface area contributed by atoms with Gasteiger partial charge in [-0.15, -0.1) is 0 Å². The lowest BCUT2D eigenvalue weighted by molar-refractivity contribution is -0.380. The number of carbonyl (C=O) groups is 1. The van der Waals surface area contributed by atoms with E-state index in [1.54, 1.807) is 0 Å². The second kappa shape index (κ2) is 6.66. The molecule has 0 saturated carbocycles. The average molecular weight is 344 g/mol. The lowest BCUT2D eigenvalue weighted by atomic mass is 10.2. The molecular formula is C12H7Cl2N3O3S. The number of thiophene rings is 1. The van der Waals surface area contributed by atoms with E-state index in [-0.39, 0.29) is 10.0 Å². The number of nitrogens with one attached hydrogen (secondary N) is 1. The number of amides is 1. The van der Waals surface area contributed by atoms with E-state index in [9.17, 15) is 14.9 Å². The normalized spacial score (nSPS) is 10.8. The van der Waals surface area contributed by atoms with Crippen molar-refractivity contribution >= 4 is 51.7 Å². The van der Waals surface area contributed by atoms with Crippen molar-refractivity contribution in [2.75, 3.05) is 0 Å². The zero-order valence-electron chi connectivity index (χ0n) is 10.2. The van der Waals surface area contributed by atoms with E-state index < -0.39 is 10.8 Å². The van der Waals surface area contributed by atoms with Gasteiger partial charge in [0.05, 0.1) is 26.1 Å². The van der Waals surface area contributed by atoms with Gasteiger partial charge in [-0.25, -0.2) is 5.43 Å². The van der Waals surface area contributed by atoms with E-state index in [1.807, 2.05) is 0 Å². The molecule has 6 nitrogen and oxygen atoms in total. The molecule has 1 aromatic carbocycles. The first-order chi connectivity index (χ1) is 9.97. The van der Waals surface area contributed by atoms with Crippen LogP contribution < -0.4 is 5.43 Å². The summed E-state index contributed by atoms with van der Waals surface area (Å²) in [5.74, 6) is -0.462. The highest BCUT2D eigenvalue weighted by Crippen LogP contribution is 2.23. The van der Waals surface area contributed by atoms with Gasteiger partial charge in [0.1, 0.15) is 0 Å². The highest BCUT2D eigenvalue weighted by atomic mass is 35.5. The minimum Gasteiger partial charge on any atom is -0.267 e. The lowest BCUT2D eigenvalue weighted by Crippen LogP contribution is -2.17. The molecule has 108 valence electrons. The molecule has 0 saturated heterocycles. The van der Waals surface area contributed by atoms with Crippen LogP contribution in [0.4, 0.5) is 5.00 Å². The summed E-state index contributed by atoms with van der Waals surface area (Å²) in [6.07, 6.45) is 1.33. The van der Waals surface area contributed by atoms with E-state index in [0.29, 0.717) is 15.5 Å². The molecule has 0 fully saturated rings. The summed E-state index contributed by atoms with van der Waals surface area (Å²) in [7, 11) is 0. The second-order valence-electron chi connectivity index (χ2n) is 3.76. The maximum absolute atomic E-state index is 11.8. The van der Waals surface area contributed by atoms with Crippen LogP contribution in [0.2, 0.25) is 10.0 Å². The first-order valence-electron chi connectivity index (χ1n) is 5.50. The van der Waals surface area contributed by atoms with Crippen LogP contribution in [0.1, 0.15) is 15.2 Å². The fourth-order valence-electron chi connectivity index (χ4n) is 1.37. The Kier molecular flexibility index (Phi) is 4.89. The maximum atomic E-state index is 11.8. The average Bonchev–Trinajstić information content (AvgIpc) is 2.91. The number of halogens is 2. The Morgan fingerprint density at radius 3 is 2.67 bits per heavy atom. The third-order valence-electron chi connectivity index (χ3n) is 2.33. The Morgan fingerprint density at radius 1 is 1.29 bits per heavy atom. The number of carbonyl (C=O) groups excluding carboxylic acids is 1. The summed E-state index contributed by atoms with van der Waals surface area (Å²) >= 11 is 12.5. The van der Waals surface area contributed by atoms with Gasteiger partial charge in [0, 0.05) is 11.6 Å². The van der Waals surface area contributed by atoms with Gasteiger partial charge in [-0.2, -0.15) is 5.10 Å². The highest BCUT2D eigenvalue weighted by molar-refractivity contribution is 7.16. The zero-order chi connectivity index (χ0) is 15.4. The molecule has 1 N–H and O–H groups in total. The first-order valence-corrected chi connectivity index (χ1v) is 7.07. The van der Waals surface area contributed by atoms with Gasteiger partial charge >= 0.3 is 5.00 Å². The van der Waals surface area contributed by atoms with Crippen molar-refractivity contribution in [2.24, 2.45) is 5.10 Å². The summed E-state index contributed by atoms with van der Waals surface area (Å²) in [6.45, 7) is 0. The van der Waals surface area contributed by atoms with Crippen LogP contribution in [0.15, 0.2) is 35.4 Å². The van der Waals surface area contributed by atoms with Crippen molar-refractivity contribution in [1.82, 2.24) is 5.43 Å². The van der Waals surface area contributed by atoms with E-state index in [1.165, 1.54) is 36.5 Å². The molecule has 0 unspecified atom stereocenters. The van der Waals surface area contributed by atoms with Crippen molar-refractivity contribution in [2.45, 2.75) is 0 Å². The molecule has 0 atom stereocenters. The van der Waals surface area contributed by atoms with Gasteiger partial charge in [0.15, 0.2) is 0 Å². The first kappa shape index (κ1) is 15.4. The van der Waals surface area contributed by atoms with Crippen LogP contribution in [0.25, 0.3) is 0 Å². The quantitative estimate of drug-likeness (QED) is 0.521. The number of hydrogen-bond acceptors (Lipinski definition) is 5. The lowest BCUT2D eigenvalue weighted by Gasteiger charge is -2.01. The maximum Gasteiger partial charge on any atom is 0.324 e.